The summed E-state index contributed by atoms with van der Waals surface area (Å²) in [5.41, 5.74) is 1.13. The van der Waals surface area contributed by atoms with E-state index in [4.69, 9.17) is 12.2 Å². The van der Waals surface area contributed by atoms with Crippen LogP contribution in [0.5, 0.6) is 0 Å². The number of thiocarbonyl (C=S) groups is 1. The summed E-state index contributed by atoms with van der Waals surface area (Å²) in [6.45, 7) is 2.04. The minimum Gasteiger partial charge on any atom is -0.0832 e. The second-order valence-corrected chi connectivity index (χ2v) is 4.16. The van der Waals surface area contributed by atoms with Crippen molar-refractivity contribution in [3.8, 4) is 0 Å². The van der Waals surface area contributed by atoms with Crippen LogP contribution in [-0.4, -0.2) is 9.69 Å². The van der Waals surface area contributed by atoms with E-state index in [-0.39, 0.29) is 4.83 Å². The van der Waals surface area contributed by atoms with Crippen molar-refractivity contribution in [2.24, 2.45) is 0 Å². The van der Waals surface area contributed by atoms with Crippen LogP contribution < -0.4 is 0 Å². The van der Waals surface area contributed by atoms with E-state index >= 15 is 0 Å². The number of rotatable bonds is 2. The van der Waals surface area contributed by atoms with E-state index in [0.29, 0.717) is 0 Å². The third-order valence-corrected chi connectivity index (χ3v) is 2.77. The summed E-state index contributed by atoms with van der Waals surface area (Å²) >= 11 is 8.63. The summed E-state index contributed by atoms with van der Waals surface area (Å²) in [5, 5.41) is 0. The Kier molecular flexibility index (Phi) is 3.21. The highest BCUT2D eigenvalue weighted by Crippen LogP contribution is 2.10. The summed E-state index contributed by atoms with van der Waals surface area (Å²) < 4.78 is 0. The van der Waals surface area contributed by atoms with E-state index in [1.54, 1.807) is 0 Å². The highest BCUT2D eigenvalue weighted by atomic mass is 79.9. The topological polar surface area (TPSA) is 0 Å². The maximum Gasteiger partial charge on any atom is 0.0475 e. The Morgan fingerprint density at radius 1 is 1.36 bits per heavy atom. The lowest BCUT2D eigenvalue weighted by molar-refractivity contribution is 1.36. The fourth-order valence-electron chi connectivity index (χ4n) is 0.832. The van der Waals surface area contributed by atoms with Gasteiger partial charge in [0.05, 0.1) is 0 Å². The van der Waals surface area contributed by atoms with Crippen molar-refractivity contribution < 1.29 is 0 Å². The van der Waals surface area contributed by atoms with Crippen LogP contribution in [0, 0.1) is 0 Å². The van der Waals surface area contributed by atoms with Crippen molar-refractivity contribution in [1.82, 2.24) is 0 Å². The molecule has 0 radical (unpaired) electrons. The fraction of sp³-hybridized carbons (Fsp3) is 0.222. The molecule has 0 saturated heterocycles. The highest BCUT2D eigenvalue weighted by molar-refractivity contribution is 9.10. The van der Waals surface area contributed by atoms with Gasteiger partial charge in [-0.1, -0.05) is 58.5 Å². The average molecular weight is 229 g/mol. The molecule has 1 aromatic carbocycles. The molecule has 0 bridgehead atoms. The molecule has 2 heteroatoms. The number of alkyl halides is 1. The van der Waals surface area contributed by atoms with E-state index in [1.165, 1.54) is 0 Å². The molecule has 0 aliphatic carbocycles. The zero-order valence-corrected chi connectivity index (χ0v) is 8.65. The lowest BCUT2D eigenvalue weighted by Crippen LogP contribution is -2.07. The van der Waals surface area contributed by atoms with Crippen molar-refractivity contribution in [3.05, 3.63) is 35.9 Å². The molecule has 0 fully saturated rings. The van der Waals surface area contributed by atoms with Gasteiger partial charge < -0.3 is 0 Å². The van der Waals surface area contributed by atoms with Gasteiger partial charge in [-0.3, -0.25) is 0 Å². The first-order valence-corrected chi connectivity index (χ1v) is 4.77. The van der Waals surface area contributed by atoms with Crippen LogP contribution in [0.15, 0.2) is 30.3 Å². The van der Waals surface area contributed by atoms with E-state index < -0.39 is 0 Å². The van der Waals surface area contributed by atoms with Gasteiger partial charge in [-0.25, -0.2) is 0 Å². The molecule has 0 amide bonds. The van der Waals surface area contributed by atoms with E-state index in [9.17, 15) is 0 Å². The van der Waals surface area contributed by atoms with Gasteiger partial charge in [-0.2, -0.15) is 0 Å². The molecule has 0 aliphatic heterocycles. The lowest BCUT2D eigenvalue weighted by Gasteiger charge is -2.04. The maximum atomic E-state index is 5.20. The monoisotopic (exact) mass is 228 g/mol. The van der Waals surface area contributed by atoms with Gasteiger partial charge >= 0.3 is 0 Å². The molecule has 1 aromatic rings. The van der Waals surface area contributed by atoms with Crippen molar-refractivity contribution in [3.63, 3.8) is 0 Å². The average Bonchev–Trinajstić information content (AvgIpc) is 2.05. The quantitative estimate of drug-likeness (QED) is 0.426. The van der Waals surface area contributed by atoms with E-state index in [0.717, 1.165) is 10.4 Å². The number of benzene rings is 1. The second kappa shape index (κ2) is 3.98. The van der Waals surface area contributed by atoms with Gasteiger partial charge in [0.15, 0.2) is 0 Å². The summed E-state index contributed by atoms with van der Waals surface area (Å²) in [6, 6.07) is 10.0. The van der Waals surface area contributed by atoms with Gasteiger partial charge in [-0.05, 0) is 12.5 Å². The zero-order chi connectivity index (χ0) is 8.27. The van der Waals surface area contributed by atoms with Crippen LogP contribution in [0.25, 0.3) is 0 Å². The molecule has 1 unspecified atom stereocenters. The van der Waals surface area contributed by atoms with Crippen LogP contribution in [0.3, 0.4) is 0 Å². The Balaban J connectivity index is 2.86. The molecule has 0 aromatic heterocycles. The van der Waals surface area contributed by atoms with Crippen molar-refractivity contribution >= 4 is 33.0 Å². The Morgan fingerprint density at radius 2 is 1.91 bits per heavy atom. The summed E-state index contributed by atoms with van der Waals surface area (Å²) in [5.74, 6) is 0. The fourth-order valence-corrected chi connectivity index (χ4v) is 1.23. The van der Waals surface area contributed by atoms with Gasteiger partial charge in [0, 0.05) is 9.69 Å². The van der Waals surface area contributed by atoms with Gasteiger partial charge in [0.2, 0.25) is 0 Å². The maximum absolute atomic E-state index is 5.20. The van der Waals surface area contributed by atoms with Crippen LogP contribution in [0.2, 0.25) is 0 Å². The Hall–Kier alpha value is -0.210. The molecule has 58 valence electrons. The van der Waals surface area contributed by atoms with E-state index in [2.05, 4.69) is 15.9 Å². The predicted octanol–water partition coefficient (Wildman–Crippen LogP) is 3.19. The largest absolute Gasteiger partial charge is 0.0832 e. The molecule has 0 spiro atoms. The summed E-state index contributed by atoms with van der Waals surface area (Å²) in [6.07, 6.45) is 0. The van der Waals surface area contributed by atoms with Crippen LogP contribution in [0.1, 0.15) is 12.5 Å². The van der Waals surface area contributed by atoms with Gasteiger partial charge in [0.1, 0.15) is 0 Å². The molecular formula is C9H9BrS. The van der Waals surface area contributed by atoms with Gasteiger partial charge in [-0.15, -0.1) is 0 Å². The van der Waals surface area contributed by atoms with Crippen LogP contribution >= 0.6 is 28.1 Å². The number of hydrogen-bond donors (Lipinski definition) is 0. The van der Waals surface area contributed by atoms with Gasteiger partial charge in [0.25, 0.3) is 0 Å². The Morgan fingerprint density at radius 3 is 2.36 bits per heavy atom. The molecule has 0 aliphatic rings. The molecular weight excluding hydrogens is 220 g/mol. The smallest absolute Gasteiger partial charge is 0.0475 e. The summed E-state index contributed by atoms with van der Waals surface area (Å²) in [7, 11) is 0. The normalized spacial score (nSPS) is 12.5. The first-order valence-electron chi connectivity index (χ1n) is 3.45. The molecule has 0 saturated carbocycles. The molecule has 0 nitrogen and oxygen atoms in total. The first-order chi connectivity index (χ1) is 5.22. The molecule has 1 atom stereocenters. The van der Waals surface area contributed by atoms with Crippen LogP contribution in [0.4, 0.5) is 0 Å². The van der Waals surface area contributed by atoms with E-state index in [1.807, 2.05) is 37.3 Å². The SMILES string of the molecule is CC(Br)C(=S)c1ccccc1. The number of hydrogen-bond acceptors (Lipinski definition) is 1. The minimum atomic E-state index is 0.278. The Bertz CT molecular complexity index is 241. The third kappa shape index (κ3) is 2.38. The predicted molar refractivity (Wildman–Crippen MR) is 56.5 cm³/mol. The molecule has 1 rings (SSSR count). The zero-order valence-electron chi connectivity index (χ0n) is 6.25. The van der Waals surface area contributed by atoms with Crippen molar-refractivity contribution in [1.29, 1.82) is 0 Å². The third-order valence-electron chi connectivity index (χ3n) is 1.42. The van der Waals surface area contributed by atoms with Crippen molar-refractivity contribution in [2.45, 2.75) is 11.8 Å². The summed E-state index contributed by atoms with van der Waals surface area (Å²) in [4.78, 5) is 1.24. The van der Waals surface area contributed by atoms with Crippen LogP contribution in [-0.2, 0) is 0 Å². The highest BCUT2D eigenvalue weighted by Gasteiger charge is 2.04. The lowest BCUT2D eigenvalue weighted by atomic mass is 10.1. The van der Waals surface area contributed by atoms with Crippen molar-refractivity contribution in [2.75, 3.05) is 0 Å². The molecule has 11 heavy (non-hydrogen) atoms. The first kappa shape index (κ1) is 8.88. The number of halogens is 1. The minimum absolute atomic E-state index is 0.278. The molecule has 0 heterocycles. The Labute approximate surface area is 80.8 Å². The second-order valence-electron chi connectivity index (χ2n) is 2.35. The standard InChI is InChI=1S/C9H9BrS/c1-7(10)9(11)8-5-3-2-4-6-8/h2-7H,1H3. The molecule has 0 N–H and O–H groups in total.